The Morgan fingerprint density at radius 3 is 2.54 bits per heavy atom. The number of para-hydroxylation sites is 1. The average molecular weight is 408 g/mol. The number of carbonyl (C=O) groups excluding carboxylic acids is 1. The van der Waals surface area contributed by atoms with Crippen LogP contribution >= 0.6 is 22.7 Å². The van der Waals surface area contributed by atoms with Gasteiger partial charge in [0.15, 0.2) is 0 Å². The van der Waals surface area contributed by atoms with Gasteiger partial charge in [-0.25, -0.2) is 4.98 Å². The Labute approximate surface area is 172 Å². The third-order valence-corrected chi connectivity index (χ3v) is 6.68. The van der Waals surface area contributed by atoms with E-state index in [-0.39, 0.29) is 5.91 Å². The Morgan fingerprint density at radius 1 is 1.00 bits per heavy atom. The normalized spacial score (nSPS) is 11.2. The molecule has 4 nitrogen and oxygen atoms in total. The number of likely N-dealkylation sites (N-methyl/N-ethyl adjacent to an activating group) is 1. The predicted molar refractivity (Wildman–Crippen MR) is 120 cm³/mol. The van der Waals surface area contributed by atoms with Crippen LogP contribution in [0.3, 0.4) is 0 Å². The third kappa shape index (κ3) is 4.30. The summed E-state index contributed by atoms with van der Waals surface area (Å²) >= 11 is 3.13. The number of aromatic nitrogens is 1. The van der Waals surface area contributed by atoms with Crippen molar-refractivity contribution in [2.45, 2.75) is 6.42 Å². The maximum absolute atomic E-state index is 12.6. The van der Waals surface area contributed by atoms with Gasteiger partial charge in [0, 0.05) is 12.2 Å². The van der Waals surface area contributed by atoms with E-state index in [1.165, 1.54) is 16.9 Å². The van der Waals surface area contributed by atoms with Gasteiger partial charge in [-0.15, -0.1) is 22.7 Å². The zero-order valence-electron chi connectivity index (χ0n) is 15.8. The molecule has 0 aliphatic heterocycles. The third-order valence-electron chi connectivity index (χ3n) is 4.39. The molecule has 0 bridgehead atoms. The molecule has 0 atom stereocenters. The molecule has 0 aliphatic rings. The lowest BCUT2D eigenvalue weighted by molar-refractivity contribution is 0.103. The van der Waals surface area contributed by atoms with E-state index in [4.69, 9.17) is 0 Å². The second-order valence-electron chi connectivity index (χ2n) is 6.85. The van der Waals surface area contributed by atoms with Crippen LogP contribution in [-0.4, -0.2) is 36.4 Å². The smallest absolute Gasteiger partial charge is 0.265 e. The molecule has 0 aliphatic carbocycles. The highest BCUT2D eigenvalue weighted by Crippen LogP contribution is 2.34. The first kappa shape index (κ1) is 18.8. The lowest BCUT2D eigenvalue weighted by Gasteiger charge is -2.10. The van der Waals surface area contributed by atoms with Gasteiger partial charge in [0.05, 0.1) is 20.0 Å². The monoisotopic (exact) mass is 407 g/mol. The minimum Gasteiger partial charge on any atom is -0.321 e. The number of thiazole rings is 1. The van der Waals surface area contributed by atoms with Gasteiger partial charge in [-0.05, 0) is 62.5 Å². The van der Waals surface area contributed by atoms with Crippen molar-refractivity contribution in [1.82, 2.24) is 9.88 Å². The number of carbonyl (C=O) groups is 1. The minimum atomic E-state index is -0.0848. The van der Waals surface area contributed by atoms with Crippen molar-refractivity contribution in [3.63, 3.8) is 0 Å². The fourth-order valence-corrected chi connectivity index (χ4v) is 4.77. The molecule has 0 unspecified atom stereocenters. The van der Waals surface area contributed by atoms with E-state index in [0.717, 1.165) is 38.8 Å². The SMILES string of the molecule is CN(C)CCc1ccc(NC(=O)c2ccc(-c3nc4ccccc4s3)s2)cc1. The van der Waals surface area contributed by atoms with Crippen molar-refractivity contribution in [1.29, 1.82) is 0 Å². The zero-order chi connectivity index (χ0) is 19.5. The van der Waals surface area contributed by atoms with Gasteiger partial charge in [-0.2, -0.15) is 0 Å². The summed E-state index contributed by atoms with van der Waals surface area (Å²) in [7, 11) is 4.14. The lowest BCUT2D eigenvalue weighted by Crippen LogP contribution is -2.15. The van der Waals surface area contributed by atoms with E-state index in [9.17, 15) is 4.79 Å². The molecule has 4 aromatic rings. The van der Waals surface area contributed by atoms with Gasteiger partial charge >= 0.3 is 0 Å². The summed E-state index contributed by atoms with van der Waals surface area (Å²) in [5.74, 6) is -0.0848. The molecule has 1 amide bonds. The van der Waals surface area contributed by atoms with E-state index >= 15 is 0 Å². The summed E-state index contributed by atoms with van der Waals surface area (Å²) in [4.78, 5) is 21.1. The summed E-state index contributed by atoms with van der Waals surface area (Å²) in [5.41, 5.74) is 3.07. The highest BCUT2D eigenvalue weighted by Gasteiger charge is 2.13. The van der Waals surface area contributed by atoms with Crippen molar-refractivity contribution < 1.29 is 4.79 Å². The number of fused-ring (bicyclic) bond motifs is 1. The molecule has 2 heterocycles. The molecule has 4 rings (SSSR count). The van der Waals surface area contributed by atoms with Gasteiger partial charge in [0.1, 0.15) is 5.01 Å². The van der Waals surface area contributed by atoms with Crippen LogP contribution in [0.15, 0.2) is 60.7 Å². The second-order valence-corrected chi connectivity index (χ2v) is 8.97. The summed E-state index contributed by atoms with van der Waals surface area (Å²) in [6, 6.07) is 20.0. The van der Waals surface area contributed by atoms with Gasteiger partial charge in [0.25, 0.3) is 5.91 Å². The number of rotatable bonds is 6. The van der Waals surface area contributed by atoms with E-state index < -0.39 is 0 Å². The maximum Gasteiger partial charge on any atom is 0.265 e. The fourth-order valence-electron chi connectivity index (χ4n) is 2.85. The number of thiophene rings is 1. The first-order chi connectivity index (χ1) is 13.6. The first-order valence-electron chi connectivity index (χ1n) is 9.09. The van der Waals surface area contributed by atoms with Crippen molar-refractivity contribution in [3.8, 4) is 9.88 Å². The molecule has 6 heteroatoms. The van der Waals surface area contributed by atoms with E-state index in [1.807, 2.05) is 42.5 Å². The van der Waals surface area contributed by atoms with Crippen LogP contribution in [0.1, 0.15) is 15.2 Å². The van der Waals surface area contributed by atoms with Crippen LogP contribution in [0, 0.1) is 0 Å². The molecular formula is C22H21N3OS2. The highest BCUT2D eigenvalue weighted by atomic mass is 32.1. The summed E-state index contributed by atoms with van der Waals surface area (Å²) in [6.07, 6.45) is 0.998. The quantitative estimate of drug-likeness (QED) is 0.467. The number of hydrogen-bond acceptors (Lipinski definition) is 5. The highest BCUT2D eigenvalue weighted by molar-refractivity contribution is 7.26. The summed E-state index contributed by atoms with van der Waals surface area (Å²) in [6.45, 7) is 1.01. The Morgan fingerprint density at radius 2 is 1.79 bits per heavy atom. The zero-order valence-corrected chi connectivity index (χ0v) is 17.4. The number of nitrogens with one attached hydrogen (secondary N) is 1. The van der Waals surface area contributed by atoms with E-state index in [0.29, 0.717) is 4.88 Å². The molecule has 1 N–H and O–H groups in total. The van der Waals surface area contributed by atoms with Crippen molar-refractivity contribution >= 4 is 44.5 Å². The van der Waals surface area contributed by atoms with Gasteiger partial charge in [-0.1, -0.05) is 24.3 Å². The summed E-state index contributed by atoms with van der Waals surface area (Å²) in [5, 5.41) is 3.94. The standard InChI is InChI=1S/C22H21N3OS2/c1-25(2)14-13-15-7-9-16(10-8-15)23-21(26)19-11-12-20(27-19)22-24-17-5-3-4-6-18(17)28-22/h3-12H,13-14H2,1-2H3,(H,23,26). The molecule has 142 valence electrons. The van der Waals surface area contributed by atoms with Crippen molar-refractivity contribution in [2.24, 2.45) is 0 Å². The molecule has 0 spiro atoms. The summed E-state index contributed by atoms with van der Waals surface area (Å²) < 4.78 is 1.16. The van der Waals surface area contributed by atoms with Crippen LogP contribution in [-0.2, 0) is 6.42 Å². The van der Waals surface area contributed by atoms with Gasteiger partial charge in [-0.3, -0.25) is 4.79 Å². The predicted octanol–water partition coefficient (Wildman–Crippen LogP) is 5.38. The average Bonchev–Trinajstić information content (AvgIpc) is 3.34. The number of hydrogen-bond donors (Lipinski definition) is 1. The molecule has 28 heavy (non-hydrogen) atoms. The number of benzene rings is 2. The largest absolute Gasteiger partial charge is 0.321 e. The Hall–Kier alpha value is -2.54. The Bertz CT molecular complexity index is 1060. The van der Waals surface area contributed by atoms with Crippen LogP contribution in [0.2, 0.25) is 0 Å². The van der Waals surface area contributed by atoms with E-state index in [1.54, 1.807) is 11.3 Å². The lowest BCUT2D eigenvalue weighted by atomic mass is 10.1. The number of anilines is 1. The maximum atomic E-state index is 12.6. The van der Waals surface area contributed by atoms with Crippen molar-refractivity contribution in [2.75, 3.05) is 26.0 Å². The number of amides is 1. The topological polar surface area (TPSA) is 45.2 Å². The van der Waals surface area contributed by atoms with Crippen molar-refractivity contribution in [3.05, 3.63) is 71.1 Å². The molecule has 2 aromatic carbocycles. The molecular weight excluding hydrogens is 386 g/mol. The Balaban J connectivity index is 1.44. The Kier molecular flexibility index (Phi) is 5.52. The van der Waals surface area contributed by atoms with Crippen LogP contribution < -0.4 is 5.32 Å². The van der Waals surface area contributed by atoms with E-state index in [2.05, 4.69) is 47.5 Å². The molecule has 2 aromatic heterocycles. The molecule has 0 saturated heterocycles. The van der Waals surface area contributed by atoms with Gasteiger partial charge in [0.2, 0.25) is 0 Å². The van der Waals surface area contributed by atoms with Crippen LogP contribution in [0.4, 0.5) is 5.69 Å². The fraction of sp³-hybridized carbons (Fsp3) is 0.182. The molecule has 0 fully saturated rings. The first-order valence-corrected chi connectivity index (χ1v) is 10.7. The van der Waals surface area contributed by atoms with Crippen LogP contribution in [0.25, 0.3) is 20.1 Å². The van der Waals surface area contributed by atoms with Crippen LogP contribution in [0.5, 0.6) is 0 Å². The minimum absolute atomic E-state index is 0.0848. The van der Waals surface area contributed by atoms with Gasteiger partial charge < -0.3 is 10.2 Å². The second kappa shape index (κ2) is 8.22. The molecule has 0 saturated carbocycles. The number of nitrogens with zero attached hydrogens (tertiary/aromatic N) is 2. The molecule has 0 radical (unpaired) electrons.